The Hall–Kier alpha value is -0.500. The van der Waals surface area contributed by atoms with E-state index in [0.717, 1.165) is 43.9 Å². The second-order valence-electron chi connectivity index (χ2n) is 6.22. The topological polar surface area (TPSA) is 53.5 Å². The van der Waals surface area contributed by atoms with Crippen molar-refractivity contribution >= 4 is 21.4 Å². The van der Waals surface area contributed by atoms with Crippen LogP contribution in [0.3, 0.4) is 0 Å². The summed E-state index contributed by atoms with van der Waals surface area (Å²) in [7, 11) is -3.04. The van der Waals surface area contributed by atoms with Crippen LogP contribution >= 0.6 is 11.3 Å². The van der Waals surface area contributed by atoms with E-state index < -0.39 is 10.0 Å². The van der Waals surface area contributed by atoms with Crippen LogP contribution < -0.4 is 0 Å². The van der Waals surface area contributed by atoms with Crippen molar-refractivity contribution < 1.29 is 8.42 Å². The lowest BCUT2D eigenvalue weighted by atomic mass is 9.79. The van der Waals surface area contributed by atoms with E-state index in [4.69, 9.17) is 0 Å². The van der Waals surface area contributed by atoms with E-state index >= 15 is 0 Å². The van der Waals surface area contributed by atoms with Gasteiger partial charge in [-0.25, -0.2) is 17.7 Å². The van der Waals surface area contributed by atoms with E-state index in [1.165, 1.54) is 0 Å². The summed E-state index contributed by atoms with van der Waals surface area (Å²) in [6.45, 7) is 6.14. The van der Waals surface area contributed by atoms with Gasteiger partial charge in [0.2, 0.25) is 10.0 Å². The van der Waals surface area contributed by atoms with Crippen molar-refractivity contribution in [2.24, 2.45) is 5.41 Å². The number of piperidine rings is 1. The van der Waals surface area contributed by atoms with Gasteiger partial charge in [-0.05, 0) is 38.1 Å². The predicted octanol–water partition coefficient (Wildman–Crippen LogP) is 1.78. The average Bonchev–Trinajstić information content (AvgIpc) is 3.10. The first-order valence-electron chi connectivity index (χ1n) is 7.62. The number of likely N-dealkylation sites (tertiary alicyclic amines) is 1. The molecule has 0 amide bonds. The highest BCUT2D eigenvalue weighted by molar-refractivity contribution is 7.89. The lowest BCUT2D eigenvalue weighted by Gasteiger charge is -2.40. The first kappa shape index (κ1) is 15.4. The minimum absolute atomic E-state index is 0.164. The molecule has 0 aliphatic carbocycles. The van der Waals surface area contributed by atoms with Crippen LogP contribution in [0.2, 0.25) is 0 Å². The van der Waals surface area contributed by atoms with Gasteiger partial charge in [0.15, 0.2) is 0 Å². The van der Waals surface area contributed by atoms with Gasteiger partial charge in [-0.2, -0.15) is 0 Å². The molecule has 1 atom stereocenters. The highest BCUT2D eigenvalue weighted by atomic mass is 32.2. The molecule has 0 aromatic carbocycles. The standard InChI is InChI=1S/C14H23N3O2S2/c1-2-21(18,19)17-8-5-14(12-17)4-3-7-16(11-14)10-13-15-6-9-20-13/h6,9H,2-5,7-8,10-12H2,1H3. The van der Waals surface area contributed by atoms with Gasteiger partial charge in [0, 0.05) is 31.2 Å². The third-order valence-electron chi connectivity index (χ3n) is 4.74. The predicted molar refractivity (Wildman–Crippen MR) is 84.7 cm³/mol. The van der Waals surface area contributed by atoms with Crippen LogP contribution in [0.25, 0.3) is 0 Å². The van der Waals surface area contributed by atoms with Crippen molar-refractivity contribution in [3.63, 3.8) is 0 Å². The van der Waals surface area contributed by atoms with E-state index in [2.05, 4.69) is 9.88 Å². The third-order valence-corrected chi connectivity index (χ3v) is 7.34. The zero-order valence-corrected chi connectivity index (χ0v) is 14.1. The van der Waals surface area contributed by atoms with Gasteiger partial charge in [0.25, 0.3) is 0 Å². The van der Waals surface area contributed by atoms with Gasteiger partial charge in [0.1, 0.15) is 5.01 Å². The second-order valence-corrected chi connectivity index (χ2v) is 9.46. The Morgan fingerprint density at radius 1 is 1.33 bits per heavy atom. The molecule has 118 valence electrons. The Kier molecular flexibility index (Phi) is 4.36. The number of hydrogen-bond acceptors (Lipinski definition) is 5. The molecule has 1 aromatic rings. The van der Waals surface area contributed by atoms with Crippen LogP contribution in [0.4, 0.5) is 0 Å². The fourth-order valence-electron chi connectivity index (χ4n) is 3.61. The Bertz CT molecular complexity index is 573. The summed E-state index contributed by atoms with van der Waals surface area (Å²) in [6, 6.07) is 0. The van der Waals surface area contributed by atoms with Gasteiger partial charge >= 0.3 is 0 Å². The molecule has 1 unspecified atom stereocenters. The van der Waals surface area contributed by atoms with Crippen molar-refractivity contribution in [1.82, 2.24) is 14.2 Å². The summed E-state index contributed by atoms with van der Waals surface area (Å²) in [5.74, 6) is 0.214. The minimum Gasteiger partial charge on any atom is -0.296 e. The lowest BCUT2D eigenvalue weighted by Crippen LogP contribution is -2.45. The minimum atomic E-state index is -3.04. The first-order chi connectivity index (χ1) is 10.0. The van der Waals surface area contributed by atoms with Crippen molar-refractivity contribution in [1.29, 1.82) is 0 Å². The van der Waals surface area contributed by atoms with Crippen LogP contribution in [0.1, 0.15) is 31.2 Å². The van der Waals surface area contributed by atoms with Crippen molar-refractivity contribution in [2.45, 2.75) is 32.7 Å². The number of hydrogen-bond donors (Lipinski definition) is 0. The molecule has 2 aliphatic heterocycles. The summed E-state index contributed by atoms with van der Waals surface area (Å²) < 4.78 is 25.8. The van der Waals surface area contributed by atoms with Gasteiger partial charge in [-0.1, -0.05) is 0 Å². The number of rotatable bonds is 4. The smallest absolute Gasteiger partial charge is 0.213 e. The molecule has 3 rings (SSSR count). The molecule has 3 heterocycles. The Morgan fingerprint density at radius 2 is 2.19 bits per heavy atom. The monoisotopic (exact) mass is 329 g/mol. The first-order valence-corrected chi connectivity index (χ1v) is 10.1. The summed E-state index contributed by atoms with van der Waals surface area (Å²) >= 11 is 1.70. The zero-order valence-electron chi connectivity index (χ0n) is 12.5. The number of sulfonamides is 1. The van der Waals surface area contributed by atoms with E-state index in [9.17, 15) is 8.42 Å². The maximum atomic E-state index is 12.1. The molecule has 5 nitrogen and oxygen atoms in total. The van der Waals surface area contributed by atoms with Gasteiger partial charge < -0.3 is 0 Å². The summed E-state index contributed by atoms with van der Waals surface area (Å²) in [6.07, 6.45) is 5.16. The van der Waals surface area contributed by atoms with E-state index in [0.29, 0.717) is 13.1 Å². The van der Waals surface area contributed by atoms with Crippen molar-refractivity contribution in [3.8, 4) is 0 Å². The van der Waals surface area contributed by atoms with Gasteiger partial charge in [0.05, 0.1) is 12.3 Å². The fourth-order valence-corrected chi connectivity index (χ4v) is 5.48. The van der Waals surface area contributed by atoms with Gasteiger partial charge in [-0.15, -0.1) is 11.3 Å². The molecule has 2 fully saturated rings. The summed E-state index contributed by atoms with van der Waals surface area (Å²) in [5, 5.41) is 3.17. The molecule has 2 saturated heterocycles. The zero-order chi connectivity index (χ0) is 14.9. The molecular weight excluding hydrogens is 306 g/mol. The van der Waals surface area contributed by atoms with Crippen LogP contribution in [0, 0.1) is 5.41 Å². The molecule has 1 aromatic heterocycles. The highest BCUT2D eigenvalue weighted by Crippen LogP contribution is 2.40. The Morgan fingerprint density at radius 3 is 2.90 bits per heavy atom. The second kappa shape index (κ2) is 5.95. The van der Waals surface area contributed by atoms with E-state index in [-0.39, 0.29) is 11.2 Å². The van der Waals surface area contributed by atoms with Crippen LogP contribution in [-0.2, 0) is 16.6 Å². The molecule has 0 N–H and O–H groups in total. The molecule has 0 saturated carbocycles. The average molecular weight is 329 g/mol. The Balaban J connectivity index is 1.66. The highest BCUT2D eigenvalue weighted by Gasteiger charge is 2.44. The van der Waals surface area contributed by atoms with Crippen LogP contribution in [-0.4, -0.2) is 54.5 Å². The maximum Gasteiger partial charge on any atom is 0.213 e. The quantitative estimate of drug-likeness (QED) is 0.845. The number of aromatic nitrogens is 1. The largest absolute Gasteiger partial charge is 0.296 e. The van der Waals surface area contributed by atoms with Crippen molar-refractivity contribution in [3.05, 3.63) is 16.6 Å². The molecule has 0 radical (unpaired) electrons. The number of nitrogens with zero attached hydrogens (tertiary/aromatic N) is 3. The SMILES string of the molecule is CCS(=O)(=O)N1CCC2(CCCN(Cc3nccs3)C2)C1. The maximum absolute atomic E-state index is 12.1. The Labute approximate surface area is 131 Å². The third kappa shape index (κ3) is 3.31. The molecule has 7 heteroatoms. The molecule has 21 heavy (non-hydrogen) atoms. The molecule has 2 aliphatic rings. The number of thiazole rings is 1. The summed E-state index contributed by atoms with van der Waals surface area (Å²) in [4.78, 5) is 6.81. The summed E-state index contributed by atoms with van der Waals surface area (Å²) in [5.41, 5.74) is 0.164. The molecule has 0 bridgehead atoms. The van der Waals surface area contributed by atoms with Crippen molar-refractivity contribution in [2.75, 3.05) is 31.9 Å². The van der Waals surface area contributed by atoms with E-state index in [1.54, 1.807) is 22.6 Å². The van der Waals surface area contributed by atoms with Crippen LogP contribution in [0.5, 0.6) is 0 Å². The van der Waals surface area contributed by atoms with Gasteiger partial charge in [-0.3, -0.25) is 4.90 Å². The molecule has 1 spiro atoms. The van der Waals surface area contributed by atoms with Crippen LogP contribution in [0.15, 0.2) is 11.6 Å². The molecular formula is C14H23N3O2S2. The normalized spacial score (nSPS) is 28.4. The fraction of sp³-hybridized carbons (Fsp3) is 0.786. The van der Waals surface area contributed by atoms with E-state index in [1.807, 2.05) is 11.6 Å². The lowest BCUT2D eigenvalue weighted by molar-refractivity contribution is 0.0934.